The van der Waals surface area contributed by atoms with Gasteiger partial charge in [0, 0.05) is 6.42 Å². The number of benzene rings is 1. The Morgan fingerprint density at radius 1 is 1.39 bits per heavy atom. The van der Waals surface area contributed by atoms with Gasteiger partial charge in [-0.3, -0.25) is 0 Å². The van der Waals surface area contributed by atoms with Gasteiger partial charge in [-0.2, -0.15) is 13.2 Å². The van der Waals surface area contributed by atoms with Crippen LogP contribution in [0.15, 0.2) is 18.2 Å². The summed E-state index contributed by atoms with van der Waals surface area (Å²) in [5.74, 6) is -0.805. The Balaban J connectivity index is 2.79. The van der Waals surface area contributed by atoms with Crippen molar-refractivity contribution in [2.75, 3.05) is 7.11 Å². The number of rotatable bonds is 4. The Bertz CT molecular complexity index is 409. The zero-order valence-corrected chi connectivity index (χ0v) is 9.54. The molecule has 0 amide bonds. The van der Waals surface area contributed by atoms with E-state index in [2.05, 4.69) is 4.74 Å². The van der Waals surface area contributed by atoms with Gasteiger partial charge >= 0.3 is 6.18 Å². The van der Waals surface area contributed by atoms with Gasteiger partial charge in [0.25, 0.3) is 0 Å². The van der Waals surface area contributed by atoms with Crippen LogP contribution in [-0.4, -0.2) is 24.4 Å². The number of alkyl halides is 3. The van der Waals surface area contributed by atoms with Gasteiger partial charge in [0.15, 0.2) is 11.6 Å². The molecule has 2 atom stereocenters. The lowest BCUT2D eigenvalue weighted by atomic mass is 10.0. The summed E-state index contributed by atoms with van der Waals surface area (Å²) in [6.07, 6.45) is -6.80. The van der Waals surface area contributed by atoms with E-state index in [1.165, 1.54) is 19.2 Å². The molecule has 0 heterocycles. The average Bonchev–Trinajstić information content (AvgIpc) is 2.27. The Hall–Kier alpha value is -1.34. The Kier molecular flexibility index (Phi) is 4.53. The third-order valence-corrected chi connectivity index (χ3v) is 2.46. The van der Waals surface area contributed by atoms with Crippen molar-refractivity contribution in [3.05, 3.63) is 29.6 Å². The van der Waals surface area contributed by atoms with Crippen molar-refractivity contribution < 1.29 is 27.4 Å². The van der Waals surface area contributed by atoms with Gasteiger partial charge < -0.3 is 15.6 Å². The number of hydrogen-bond acceptors (Lipinski definition) is 3. The highest BCUT2D eigenvalue weighted by atomic mass is 19.4. The number of aliphatic hydroxyl groups excluding tert-OH is 1. The maximum absolute atomic E-state index is 13.3. The first-order valence-electron chi connectivity index (χ1n) is 5.09. The third kappa shape index (κ3) is 3.58. The van der Waals surface area contributed by atoms with Gasteiger partial charge in [-0.1, -0.05) is 6.07 Å². The van der Waals surface area contributed by atoms with E-state index in [-0.39, 0.29) is 11.3 Å². The van der Waals surface area contributed by atoms with Crippen LogP contribution in [0.2, 0.25) is 0 Å². The minimum Gasteiger partial charge on any atom is -0.494 e. The van der Waals surface area contributed by atoms with Crippen molar-refractivity contribution in [2.24, 2.45) is 5.73 Å². The molecule has 1 aromatic rings. The smallest absolute Gasteiger partial charge is 0.403 e. The molecule has 0 spiro atoms. The fourth-order valence-corrected chi connectivity index (χ4v) is 1.40. The standard InChI is InChI=1S/C11H13F4NO2/c1-18-9-3-2-6(4-7(9)12)8(17)5-10(16)11(13,14)15/h2-4,8,10,17H,5,16H2,1H3/t8-,10-/m0/s1. The molecule has 0 saturated heterocycles. The normalized spacial score (nSPS) is 15.3. The first kappa shape index (κ1) is 14.7. The molecule has 1 rings (SSSR count). The number of aliphatic hydroxyl groups is 1. The highest BCUT2D eigenvalue weighted by Crippen LogP contribution is 2.28. The monoisotopic (exact) mass is 267 g/mol. The number of hydrogen-bond donors (Lipinski definition) is 2. The Morgan fingerprint density at radius 2 is 2.00 bits per heavy atom. The average molecular weight is 267 g/mol. The topological polar surface area (TPSA) is 55.5 Å². The molecule has 0 radical (unpaired) electrons. The molecule has 0 unspecified atom stereocenters. The van der Waals surface area contributed by atoms with Crippen molar-refractivity contribution in [1.29, 1.82) is 0 Å². The lowest BCUT2D eigenvalue weighted by Gasteiger charge is -2.19. The molecule has 0 aliphatic heterocycles. The number of ether oxygens (including phenoxy) is 1. The lowest BCUT2D eigenvalue weighted by molar-refractivity contribution is -0.153. The second-order valence-corrected chi connectivity index (χ2v) is 3.79. The van der Waals surface area contributed by atoms with Crippen LogP contribution in [0.1, 0.15) is 18.1 Å². The number of nitrogens with two attached hydrogens (primary N) is 1. The zero-order valence-electron chi connectivity index (χ0n) is 9.54. The van der Waals surface area contributed by atoms with Crippen LogP contribution < -0.4 is 10.5 Å². The van der Waals surface area contributed by atoms with Crippen LogP contribution in [0, 0.1) is 5.82 Å². The summed E-state index contributed by atoms with van der Waals surface area (Å²) in [5, 5.41) is 9.55. The molecule has 0 saturated carbocycles. The minimum absolute atomic E-state index is 0.0213. The van der Waals surface area contributed by atoms with E-state index in [1.54, 1.807) is 0 Å². The van der Waals surface area contributed by atoms with Crippen LogP contribution in [0.5, 0.6) is 5.75 Å². The van der Waals surface area contributed by atoms with E-state index in [4.69, 9.17) is 5.73 Å². The van der Waals surface area contributed by atoms with Crippen molar-refractivity contribution in [3.63, 3.8) is 0 Å². The molecule has 7 heteroatoms. The van der Waals surface area contributed by atoms with Gasteiger partial charge in [0.05, 0.1) is 13.2 Å². The summed E-state index contributed by atoms with van der Waals surface area (Å²) < 4.78 is 54.5. The van der Waals surface area contributed by atoms with E-state index < -0.39 is 30.6 Å². The predicted molar refractivity (Wildman–Crippen MR) is 56.6 cm³/mol. The molecule has 1 aromatic carbocycles. The summed E-state index contributed by atoms with van der Waals surface area (Å²) in [5.41, 5.74) is 4.90. The van der Waals surface area contributed by atoms with Crippen molar-refractivity contribution in [2.45, 2.75) is 24.7 Å². The van der Waals surface area contributed by atoms with E-state index in [0.717, 1.165) is 6.07 Å². The molecule has 0 fully saturated rings. The van der Waals surface area contributed by atoms with Gasteiger partial charge in [-0.25, -0.2) is 4.39 Å². The maximum atomic E-state index is 13.3. The fourth-order valence-electron chi connectivity index (χ4n) is 1.40. The third-order valence-electron chi connectivity index (χ3n) is 2.46. The van der Waals surface area contributed by atoms with Crippen LogP contribution in [-0.2, 0) is 0 Å². The summed E-state index contributed by atoms with van der Waals surface area (Å²) in [7, 11) is 1.26. The first-order valence-corrected chi connectivity index (χ1v) is 5.09. The second kappa shape index (κ2) is 5.53. The van der Waals surface area contributed by atoms with Gasteiger partial charge in [-0.15, -0.1) is 0 Å². The molecular formula is C11H13F4NO2. The summed E-state index contributed by atoms with van der Waals surface area (Å²) >= 11 is 0. The zero-order chi connectivity index (χ0) is 13.9. The van der Waals surface area contributed by atoms with Crippen molar-refractivity contribution >= 4 is 0 Å². The minimum atomic E-state index is -4.59. The molecule has 3 N–H and O–H groups in total. The summed E-state index contributed by atoms with van der Waals surface area (Å²) in [6, 6.07) is 1.28. The SMILES string of the molecule is COc1ccc([C@@H](O)C[C@H](N)C(F)(F)F)cc1F. The second-order valence-electron chi connectivity index (χ2n) is 3.79. The van der Waals surface area contributed by atoms with E-state index >= 15 is 0 Å². The summed E-state index contributed by atoms with van der Waals surface area (Å²) in [6.45, 7) is 0. The molecule has 102 valence electrons. The molecule has 0 aliphatic carbocycles. The number of halogens is 4. The van der Waals surface area contributed by atoms with Crippen LogP contribution in [0.4, 0.5) is 17.6 Å². The van der Waals surface area contributed by atoms with Crippen molar-refractivity contribution in [1.82, 2.24) is 0 Å². The van der Waals surface area contributed by atoms with Crippen LogP contribution in [0.25, 0.3) is 0 Å². The first-order chi connectivity index (χ1) is 8.25. The number of methoxy groups -OCH3 is 1. The molecular weight excluding hydrogens is 254 g/mol. The lowest BCUT2D eigenvalue weighted by Crippen LogP contribution is -2.38. The van der Waals surface area contributed by atoms with Crippen LogP contribution >= 0.6 is 0 Å². The van der Waals surface area contributed by atoms with Crippen LogP contribution in [0.3, 0.4) is 0 Å². The molecule has 0 aliphatic rings. The predicted octanol–water partition coefficient (Wildman–Crippen LogP) is 2.15. The highest BCUT2D eigenvalue weighted by Gasteiger charge is 2.38. The molecule has 0 bridgehead atoms. The van der Waals surface area contributed by atoms with Gasteiger partial charge in [0.2, 0.25) is 0 Å². The molecule has 0 aromatic heterocycles. The van der Waals surface area contributed by atoms with Crippen molar-refractivity contribution in [3.8, 4) is 5.75 Å². The summed E-state index contributed by atoms with van der Waals surface area (Å²) in [4.78, 5) is 0. The maximum Gasteiger partial charge on any atom is 0.403 e. The largest absolute Gasteiger partial charge is 0.494 e. The molecule has 3 nitrogen and oxygen atoms in total. The van der Waals surface area contributed by atoms with E-state index in [1.807, 2.05) is 0 Å². The van der Waals surface area contributed by atoms with Gasteiger partial charge in [0.1, 0.15) is 6.04 Å². The Labute approximate surface area is 101 Å². The highest BCUT2D eigenvalue weighted by molar-refractivity contribution is 5.30. The van der Waals surface area contributed by atoms with Gasteiger partial charge in [-0.05, 0) is 17.7 Å². The van der Waals surface area contributed by atoms with E-state index in [9.17, 15) is 22.7 Å². The quantitative estimate of drug-likeness (QED) is 0.822. The fraction of sp³-hybridized carbons (Fsp3) is 0.455. The Morgan fingerprint density at radius 3 is 2.44 bits per heavy atom. The molecule has 18 heavy (non-hydrogen) atoms. The van der Waals surface area contributed by atoms with E-state index in [0.29, 0.717) is 0 Å².